The number of aryl methyl sites for hydroxylation is 2. The van der Waals surface area contributed by atoms with Crippen molar-refractivity contribution in [2.45, 2.75) is 33.2 Å². The lowest BCUT2D eigenvalue weighted by molar-refractivity contribution is 0.343. The Hall–Kier alpha value is -1.55. The first-order valence-electron chi connectivity index (χ1n) is 6.61. The van der Waals surface area contributed by atoms with Gasteiger partial charge in [0.25, 0.3) is 0 Å². The monoisotopic (exact) mass is 261 g/mol. The highest BCUT2D eigenvalue weighted by atomic mass is 16.1. The van der Waals surface area contributed by atoms with Gasteiger partial charge in [-0.15, -0.1) is 0 Å². The number of hydrogen-bond donors (Lipinski definition) is 1. The molecule has 4 heteroatoms. The van der Waals surface area contributed by atoms with Crippen LogP contribution in [0, 0.1) is 5.41 Å². The highest BCUT2D eigenvalue weighted by Crippen LogP contribution is 2.28. The molecule has 4 nitrogen and oxygen atoms in total. The molecule has 0 fully saturated rings. The van der Waals surface area contributed by atoms with Gasteiger partial charge in [0, 0.05) is 20.1 Å². The lowest BCUT2D eigenvalue weighted by Gasteiger charge is -2.23. The maximum atomic E-state index is 11.9. The molecule has 0 saturated carbocycles. The first-order valence-corrected chi connectivity index (χ1v) is 6.61. The van der Waals surface area contributed by atoms with Crippen molar-refractivity contribution < 1.29 is 0 Å². The van der Waals surface area contributed by atoms with Crippen LogP contribution in [-0.2, 0) is 14.1 Å². The van der Waals surface area contributed by atoms with E-state index in [9.17, 15) is 4.79 Å². The van der Waals surface area contributed by atoms with Crippen LogP contribution >= 0.6 is 0 Å². The molecule has 0 aliphatic rings. The molecule has 1 aromatic carbocycles. The lowest BCUT2D eigenvalue weighted by Crippen LogP contribution is -2.19. The number of hydrogen-bond acceptors (Lipinski definition) is 2. The van der Waals surface area contributed by atoms with E-state index in [2.05, 4.69) is 20.8 Å². The Kier molecular flexibility index (Phi) is 3.31. The van der Waals surface area contributed by atoms with Crippen LogP contribution in [0.5, 0.6) is 0 Å². The van der Waals surface area contributed by atoms with E-state index in [1.165, 1.54) is 0 Å². The molecule has 2 N–H and O–H groups in total. The lowest BCUT2D eigenvalue weighted by atomic mass is 9.86. The molecule has 1 heterocycles. The number of imidazole rings is 1. The van der Waals surface area contributed by atoms with Crippen LogP contribution in [0.25, 0.3) is 11.0 Å². The van der Waals surface area contributed by atoms with Gasteiger partial charge in [-0.05, 0) is 29.5 Å². The second kappa shape index (κ2) is 4.53. The topological polar surface area (TPSA) is 53.0 Å². The molecule has 0 spiro atoms. The van der Waals surface area contributed by atoms with Crippen LogP contribution < -0.4 is 11.4 Å². The summed E-state index contributed by atoms with van der Waals surface area (Å²) < 4.78 is 3.33. The second-order valence-electron chi connectivity index (χ2n) is 6.52. The summed E-state index contributed by atoms with van der Waals surface area (Å²) in [6.07, 6.45) is 0.916. The summed E-state index contributed by atoms with van der Waals surface area (Å²) in [4.78, 5) is 11.9. The van der Waals surface area contributed by atoms with Gasteiger partial charge in [0.2, 0.25) is 0 Å². The van der Waals surface area contributed by atoms with Crippen LogP contribution in [0.3, 0.4) is 0 Å². The number of aromatic nitrogens is 2. The standard InChI is InChI=1S/C15H23N3O/c1-15(2,3)9-11(16)10-6-7-12-13(8-10)18(5)14(19)17(12)4/h6-8,11H,9,16H2,1-5H3. The van der Waals surface area contributed by atoms with E-state index < -0.39 is 0 Å². The van der Waals surface area contributed by atoms with Crippen LogP contribution in [0.4, 0.5) is 0 Å². The van der Waals surface area contributed by atoms with Gasteiger partial charge in [0.1, 0.15) is 0 Å². The average molecular weight is 261 g/mol. The summed E-state index contributed by atoms with van der Waals surface area (Å²) in [5.41, 5.74) is 9.43. The van der Waals surface area contributed by atoms with Crippen molar-refractivity contribution in [2.75, 3.05) is 0 Å². The van der Waals surface area contributed by atoms with E-state index in [1.807, 2.05) is 18.2 Å². The Balaban J connectivity index is 2.48. The van der Waals surface area contributed by atoms with Crippen molar-refractivity contribution in [1.29, 1.82) is 0 Å². The third-order valence-corrected chi connectivity index (χ3v) is 3.56. The third-order valence-electron chi connectivity index (χ3n) is 3.56. The fourth-order valence-electron chi connectivity index (χ4n) is 2.53. The molecule has 0 bridgehead atoms. The molecule has 0 saturated heterocycles. The number of fused-ring (bicyclic) bond motifs is 1. The molecule has 2 aromatic rings. The van der Waals surface area contributed by atoms with Gasteiger partial charge in [-0.3, -0.25) is 9.13 Å². The summed E-state index contributed by atoms with van der Waals surface area (Å²) >= 11 is 0. The SMILES string of the molecule is Cn1c(=O)n(C)c2cc(C(N)CC(C)(C)C)ccc21. The molecule has 0 aliphatic carbocycles. The maximum Gasteiger partial charge on any atom is 0.328 e. The number of rotatable bonds is 2. The minimum Gasteiger partial charge on any atom is -0.324 e. The molecular weight excluding hydrogens is 238 g/mol. The molecular formula is C15H23N3O. The van der Waals surface area contributed by atoms with Gasteiger partial charge in [-0.25, -0.2) is 4.79 Å². The highest BCUT2D eigenvalue weighted by Gasteiger charge is 2.18. The zero-order valence-corrected chi connectivity index (χ0v) is 12.4. The molecule has 1 aromatic heterocycles. The summed E-state index contributed by atoms with van der Waals surface area (Å²) in [6, 6.07) is 6.04. The number of nitrogens with zero attached hydrogens (tertiary/aromatic N) is 2. The van der Waals surface area contributed by atoms with E-state index in [1.54, 1.807) is 23.2 Å². The smallest absolute Gasteiger partial charge is 0.324 e. The number of benzene rings is 1. The second-order valence-corrected chi connectivity index (χ2v) is 6.52. The van der Waals surface area contributed by atoms with Crippen LogP contribution in [0.2, 0.25) is 0 Å². The van der Waals surface area contributed by atoms with Crippen molar-refractivity contribution in [2.24, 2.45) is 25.2 Å². The zero-order chi connectivity index (χ0) is 14.4. The number of nitrogens with two attached hydrogens (primary N) is 1. The molecule has 104 valence electrons. The van der Waals surface area contributed by atoms with Crippen molar-refractivity contribution in [3.8, 4) is 0 Å². The first-order chi connectivity index (χ1) is 8.70. The van der Waals surface area contributed by atoms with Crippen molar-refractivity contribution in [3.63, 3.8) is 0 Å². The molecule has 1 unspecified atom stereocenters. The molecule has 0 amide bonds. The van der Waals surface area contributed by atoms with Crippen LogP contribution in [0.1, 0.15) is 38.8 Å². The maximum absolute atomic E-state index is 11.9. The third kappa shape index (κ3) is 2.59. The van der Waals surface area contributed by atoms with Gasteiger partial charge < -0.3 is 5.73 Å². The molecule has 2 rings (SSSR count). The Labute approximate surface area is 113 Å². The summed E-state index contributed by atoms with van der Waals surface area (Å²) in [6.45, 7) is 6.55. The Morgan fingerprint density at radius 3 is 2.32 bits per heavy atom. The van der Waals surface area contributed by atoms with E-state index in [-0.39, 0.29) is 17.1 Å². The Morgan fingerprint density at radius 1 is 1.16 bits per heavy atom. The van der Waals surface area contributed by atoms with E-state index in [0.717, 1.165) is 23.0 Å². The quantitative estimate of drug-likeness (QED) is 0.902. The first kappa shape index (κ1) is 13.9. The van der Waals surface area contributed by atoms with Crippen molar-refractivity contribution >= 4 is 11.0 Å². The van der Waals surface area contributed by atoms with Crippen LogP contribution in [-0.4, -0.2) is 9.13 Å². The minimum absolute atomic E-state index is 0.000270. The van der Waals surface area contributed by atoms with E-state index >= 15 is 0 Å². The largest absolute Gasteiger partial charge is 0.328 e. The van der Waals surface area contributed by atoms with Crippen LogP contribution in [0.15, 0.2) is 23.0 Å². The highest BCUT2D eigenvalue weighted by molar-refractivity contribution is 5.77. The molecule has 0 radical (unpaired) electrons. The van der Waals surface area contributed by atoms with Gasteiger partial charge in [-0.2, -0.15) is 0 Å². The molecule has 0 aliphatic heterocycles. The van der Waals surface area contributed by atoms with Gasteiger partial charge >= 0.3 is 5.69 Å². The van der Waals surface area contributed by atoms with Gasteiger partial charge in [0.05, 0.1) is 11.0 Å². The molecule has 1 atom stereocenters. The fraction of sp³-hybridized carbons (Fsp3) is 0.533. The predicted octanol–water partition coefficient (Wildman–Crippen LogP) is 2.31. The average Bonchev–Trinajstić information content (AvgIpc) is 2.52. The Bertz CT molecular complexity index is 658. The summed E-state index contributed by atoms with van der Waals surface area (Å²) in [7, 11) is 3.59. The summed E-state index contributed by atoms with van der Waals surface area (Å²) in [5.74, 6) is 0. The predicted molar refractivity (Wildman–Crippen MR) is 79.2 cm³/mol. The normalized spacial score (nSPS) is 14.0. The fourth-order valence-corrected chi connectivity index (χ4v) is 2.53. The van der Waals surface area contributed by atoms with Gasteiger partial charge in [0.15, 0.2) is 0 Å². The Morgan fingerprint density at radius 2 is 1.74 bits per heavy atom. The van der Waals surface area contributed by atoms with Gasteiger partial charge in [-0.1, -0.05) is 26.8 Å². The molecule has 19 heavy (non-hydrogen) atoms. The van der Waals surface area contributed by atoms with Crippen molar-refractivity contribution in [3.05, 3.63) is 34.2 Å². The van der Waals surface area contributed by atoms with E-state index in [0.29, 0.717) is 0 Å². The summed E-state index contributed by atoms with van der Waals surface area (Å²) in [5, 5.41) is 0. The van der Waals surface area contributed by atoms with E-state index in [4.69, 9.17) is 5.73 Å². The van der Waals surface area contributed by atoms with Crippen molar-refractivity contribution in [1.82, 2.24) is 9.13 Å². The minimum atomic E-state index is -0.00320. The zero-order valence-electron chi connectivity index (χ0n) is 12.4.